The van der Waals surface area contributed by atoms with Crippen molar-refractivity contribution in [2.45, 2.75) is 31.3 Å². The largest absolute Gasteiger partial charge is 0.337 e. The first-order valence-electron chi connectivity index (χ1n) is 6.16. The standard InChI is InChI=1S/C12H17N3O3S/c1-2-5-14-12(16)15-19(17,18)11-4-3-9-7-13-8-10(9)6-11/h3-4,6,13H,2,5,7-8H2,1H3,(H2,14,15,16). The molecule has 1 heterocycles. The lowest BCUT2D eigenvalue weighted by Crippen LogP contribution is -2.39. The molecule has 0 unspecified atom stereocenters. The second kappa shape index (κ2) is 5.58. The van der Waals surface area contributed by atoms with E-state index in [2.05, 4.69) is 10.6 Å². The van der Waals surface area contributed by atoms with E-state index in [-0.39, 0.29) is 4.90 Å². The molecule has 0 radical (unpaired) electrons. The van der Waals surface area contributed by atoms with Gasteiger partial charge in [-0.2, -0.15) is 0 Å². The molecule has 6 nitrogen and oxygen atoms in total. The van der Waals surface area contributed by atoms with Crippen LogP contribution in [-0.4, -0.2) is 21.0 Å². The molecule has 0 spiro atoms. The van der Waals surface area contributed by atoms with Crippen LogP contribution >= 0.6 is 0 Å². The van der Waals surface area contributed by atoms with E-state index >= 15 is 0 Å². The Kier molecular flexibility index (Phi) is 4.06. The fourth-order valence-corrected chi connectivity index (χ4v) is 2.87. The summed E-state index contributed by atoms with van der Waals surface area (Å²) < 4.78 is 26.0. The maximum Gasteiger partial charge on any atom is 0.328 e. The summed E-state index contributed by atoms with van der Waals surface area (Å²) in [6, 6.07) is 4.19. The fourth-order valence-electron chi connectivity index (χ4n) is 1.89. The summed E-state index contributed by atoms with van der Waals surface area (Å²) in [4.78, 5) is 11.5. The van der Waals surface area contributed by atoms with Crippen molar-refractivity contribution >= 4 is 16.1 Å². The summed E-state index contributed by atoms with van der Waals surface area (Å²) in [7, 11) is -3.80. The van der Waals surface area contributed by atoms with Crippen molar-refractivity contribution in [3.05, 3.63) is 29.3 Å². The molecule has 0 aliphatic carbocycles. The smallest absolute Gasteiger partial charge is 0.328 e. The van der Waals surface area contributed by atoms with Crippen molar-refractivity contribution in [2.75, 3.05) is 6.54 Å². The number of hydrogen-bond donors (Lipinski definition) is 3. The minimum absolute atomic E-state index is 0.113. The normalized spacial score (nSPS) is 13.9. The van der Waals surface area contributed by atoms with Gasteiger partial charge >= 0.3 is 6.03 Å². The Bertz CT molecular complexity index is 584. The molecule has 7 heteroatoms. The van der Waals surface area contributed by atoms with E-state index in [1.165, 1.54) is 6.07 Å². The molecule has 0 aromatic heterocycles. The van der Waals surface area contributed by atoms with E-state index in [0.29, 0.717) is 13.1 Å². The monoisotopic (exact) mass is 283 g/mol. The maximum absolute atomic E-state index is 12.0. The number of carbonyl (C=O) groups is 1. The highest BCUT2D eigenvalue weighted by Gasteiger charge is 2.20. The summed E-state index contributed by atoms with van der Waals surface area (Å²) in [5, 5.41) is 5.61. The zero-order valence-corrected chi connectivity index (χ0v) is 11.5. The molecule has 1 aliphatic rings. The third-order valence-electron chi connectivity index (χ3n) is 2.88. The van der Waals surface area contributed by atoms with Gasteiger partial charge in [-0.15, -0.1) is 0 Å². The van der Waals surface area contributed by atoms with Crippen LogP contribution < -0.4 is 15.4 Å². The second-order valence-corrected chi connectivity index (χ2v) is 6.08. The molecule has 104 valence electrons. The van der Waals surface area contributed by atoms with Crippen molar-refractivity contribution in [2.24, 2.45) is 0 Å². The first-order chi connectivity index (χ1) is 9.03. The first-order valence-corrected chi connectivity index (χ1v) is 7.64. The Hall–Kier alpha value is -1.60. The second-order valence-electron chi connectivity index (χ2n) is 4.40. The fraction of sp³-hybridized carbons (Fsp3) is 0.417. The van der Waals surface area contributed by atoms with Crippen LogP contribution in [0.4, 0.5) is 4.79 Å². The number of hydrogen-bond acceptors (Lipinski definition) is 4. The lowest BCUT2D eigenvalue weighted by atomic mass is 10.1. The van der Waals surface area contributed by atoms with Crippen LogP contribution in [-0.2, 0) is 23.1 Å². The Morgan fingerprint density at radius 3 is 2.79 bits per heavy atom. The summed E-state index contributed by atoms with van der Waals surface area (Å²) in [5.74, 6) is 0. The molecule has 0 fully saturated rings. The number of amides is 2. The molecular formula is C12H17N3O3S. The Morgan fingerprint density at radius 1 is 1.32 bits per heavy atom. The maximum atomic E-state index is 12.0. The Morgan fingerprint density at radius 2 is 2.05 bits per heavy atom. The lowest BCUT2D eigenvalue weighted by Gasteiger charge is -2.09. The van der Waals surface area contributed by atoms with E-state index in [4.69, 9.17) is 0 Å². The number of urea groups is 1. The lowest BCUT2D eigenvalue weighted by molar-refractivity contribution is 0.246. The topological polar surface area (TPSA) is 87.3 Å². The van der Waals surface area contributed by atoms with Crippen LogP contribution in [0.2, 0.25) is 0 Å². The van der Waals surface area contributed by atoms with Gasteiger partial charge in [0.15, 0.2) is 0 Å². The molecule has 0 bridgehead atoms. The van der Waals surface area contributed by atoms with Crippen LogP contribution in [0.15, 0.2) is 23.1 Å². The van der Waals surface area contributed by atoms with Crippen LogP contribution in [0.3, 0.4) is 0 Å². The summed E-state index contributed by atoms with van der Waals surface area (Å²) in [6.07, 6.45) is 0.748. The van der Waals surface area contributed by atoms with E-state index < -0.39 is 16.1 Å². The molecule has 2 rings (SSSR count). The number of sulfonamides is 1. The van der Waals surface area contributed by atoms with Gasteiger partial charge in [-0.1, -0.05) is 13.0 Å². The van der Waals surface area contributed by atoms with Gasteiger partial charge < -0.3 is 10.6 Å². The van der Waals surface area contributed by atoms with Crippen LogP contribution in [0.25, 0.3) is 0 Å². The summed E-state index contributed by atoms with van der Waals surface area (Å²) >= 11 is 0. The molecule has 3 N–H and O–H groups in total. The molecule has 1 aromatic carbocycles. The van der Waals surface area contributed by atoms with Crippen molar-refractivity contribution in [1.29, 1.82) is 0 Å². The molecule has 2 amide bonds. The molecule has 1 aliphatic heterocycles. The van der Waals surface area contributed by atoms with E-state index in [9.17, 15) is 13.2 Å². The Labute approximate surface area is 112 Å². The highest BCUT2D eigenvalue weighted by Crippen LogP contribution is 2.19. The number of carbonyl (C=O) groups excluding carboxylic acids is 1. The number of nitrogens with one attached hydrogen (secondary N) is 3. The predicted octanol–water partition coefficient (Wildman–Crippen LogP) is 0.688. The molecule has 19 heavy (non-hydrogen) atoms. The van der Waals surface area contributed by atoms with E-state index in [0.717, 1.165) is 24.1 Å². The predicted molar refractivity (Wildman–Crippen MR) is 71.0 cm³/mol. The highest BCUT2D eigenvalue weighted by atomic mass is 32.2. The molecule has 1 aromatic rings. The molecule has 0 saturated carbocycles. The third-order valence-corrected chi connectivity index (χ3v) is 4.21. The van der Waals surface area contributed by atoms with Gasteiger partial charge in [0.1, 0.15) is 0 Å². The van der Waals surface area contributed by atoms with Gasteiger partial charge in [-0.05, 0) is 29.7 Å². The van der Waals surface area contributed by atoms with Crippen molar-refractivity contribution < 1.29 is 13.2 Å². The summed E-state index contributed by atoms with van der Waals surface area (Å²) in [5.41, 5.74) is 2.05. The molecular weight excluding hydrogens is 266 g/mol. The van der Waals surface area contributed by atoms with Crippen molar-refractivity contribution in [3.8, 4) is 0 Å². The van der Waals surface area contributed by atoms with Crippen LogP contribution in [0.5, 0.6) is 0 Å². The number of benzene rings is 1. The quantitative estimate of drug-likeness (QED) is 0.758. The first kappa shape index (κ1) is 13.8. The summed E-state index contributed by atoms with van der Waals surface area (Å²) in [6.45, 7) is 3.73. The number of rotatable bonds is 4. The van der Waals surface area contributed by atoms with Gasteiger partial charge in [0.25, 0.3) is 10.0 Å². The van der Waals surface area contributed by atoms with Gasteiger partial charge in [-0.3, -0.25) is 0 Å². The zero-order chi connectivity index (χ0) is 13.9. The van der Waals surface area contributed by atoms with E-state index in [1.54, 1.807) is 12.1 Å². The Balaban J connectivity index is 2.13. The van der Waals surface area contributed by atoms with Gasteiger partial charge in [0, 0.05) is 19.6 Å². The van der Waals surface area contributed by atoms with Crippen LogP contribution in [0, 0.1) is 0 Å². The van der Waals surface area contributed by atoms with Crippen molar-refractivity contribution in [1.82, 2.24) is 15.4 Å². The molecule has 0 saturated heterocycles. The third kappa shape index (κ3) is 3.24. The average Bonchev–Trinajstić information content (AvgIpc) is 2.82. The minimum atomic E-state index is -3.80. The van der Waals surface area contributed by atoms with Crippen LogP contribution in [0.1, 0.15) is 24.5 Å². The van der Waals surface area contributed by atoms with Gasteiger partial charge in [-0.25, -0.2) is 17.9 Å². The number of fused-ring (bicyclic) bond motifs is 1. The zero-order valence-electron chi connectivity index (χ0n) is 10.7. The minimum Gasteiger partial charge on any atom is -0.337 e. The highest BCUT2D eigenvalue weighted by molar-refractivity contribution is 7.90. The average molecular weight is 283 g/mol. The van der Waals surface area contributed by atoms with Gasteiger partial charge in [0.05, 0.1) is 4.90 Å². The van der Waals surface area contributed by atoms with Gasteiger partial charge in [0.2, 0.25) is 0 Å². The SMILES string of the molecule is CCCNC(=O)NS(=O)(=O)c1ccc2c(c1)CNC2. The van der Waals surface area contributed by atoms with E-state index in [1.807, 2.05) is 11.6 Å². The van der Waals surface area contributed by atoms with Crippen molar-refractivity contribution in [3.63, 3.8) is 0 Å². The molecule has 0 atom stereocenters.